The van der Waals surface area contributed by atoms with Crippen LogP contribution in [0, 0.1) is 33.5 Å². The predicted octanol–water partition coefficient (Wildman–Crippen LogP) is 6.87. The van der Waals surface area contributed by atoms with E-state index >= 15 is 4.39 Å². The molecule has 8 saturated carbocycles. The molecule has 1 heterocycles. The van der Waals surface area contributed by atoms with E-state index < -0.39 is 23.0 Å². The van der Waals surface area contributed by atoms with Crippen LogP contribution in [-0.2, 0) is 29.9 Å². The van der Waals surface area contributed by atoms with Crippen molar-refractivity contribution < 1.29 is 23.5 Å². The molecule has 4 unspecified atom stereocenters. The average molecular weight is 726 g/mol. The molecule has 9 fully saturated rings. The van der Waals surface area contributed by atoms with Crippen LogP contribution < -0.4 is 11.1 Å². The fourth-order valence-corrected chi connectivity index (χ4v) is 14.8. The Hall–Kier alpha value is -2.81. The number of hydrogen-bond acceptors (Lipinski definition) is 5. The molecule has 8 heteroatoms. The predicted molar refractivity (Wildman–Crippen MR) is 203 cm³/mol. The first-order chi connectivity index (χ1) is 25.5. The quantitative estimate of drug-likeness (QED) is 0.220. The Morgan fingerprint density at radius 3 is 1.92 bits per heavy atom. The van der Waals surface area contributed by atoms with Crippen molar-refractivity contribution in [1.82, 2.24) is 10.2 Å². The average Bonchev–Trinajstić information content (AvgIpc) is 3.13. The Kier molecular flexibility index (Phi) is 8.90. The fourth-order valence-electron chi connectivity index (χ4n) is 14.8. The van der Waals surface area contributed by atoms with Crippen molar-refractivity contribution in [2.75, 3.05) is 46.1 Å². The summed E-state index contributed by atoms with van der Waals surface area (Å²) in [5, 5.41) is 3.31. The summed E-state index contributed by atoms with van der Waals surface area (Å²) >= 11 is 0. The van der Waals surface area contributed by atoms with Crippen molar-refractivity contribution in [3.05, 3.63) is 71.8 Å². The highest BCUT2D eigenvalue weighted by molar-refractivity contribution is 5.84. The number of piperidine rings is 1. The van der Waals surface area contributed by atoms with Gasteiger partial charge in [-0.1, -0.05) is 60.7 Å². The molecule has 7 nitrogen and oxygen atoms in total. The van der Waals surface area contributed by atoms with Crippen molar-refractivity contribution in [3.63, 3.8) is 0 Å². The molecule has 286 valence electrons. The van der Waals surface area contributed by atoms with Crippen LogP contribution in [0.2, 0.25) is 0 Å². The molecule has 53 heavy (non-hydrogen) atoms. The van der Waals surface area contributed by atoms with Gasteiger partial charge in [-0.05, 0) is 135 Å². The van der Waals surface area contributed by atoms with Crippen LogP contribution in [0.25, 0.3) is 0 Å². The third-order valence-corrected chi connectivity index (χ3v) is 15.7. The third-order valence-electron chi connectivity index (χ3n) is 15.7. The zero-order valence-corrected chi connectivity index (χ0v) is 31.8. The molecular formula is C45H60FN3O4. The number of rotatable bonds is 13. The molecule has 2 aromatic carbocycles. The lowest BCUT2D eigenvalue weighted by atomic mass is 9.38. The molecule has 9 aliphatic rings. The summed E-state index contributed by atoms with van der Waals surface area (Å²) in [6.45, 7) is 6.31. The van der Waals surface area contributed by atoms with Crippen molar-refractivity contribution in [3.8, 4) is 0 Å². The first kappa shape index (κ1) is 35.9. The number of hydrogen-bond donors (Lipinski definition) is 2. The number of likely N-dealkylation sites (tertiary alicyclic amines) is 1. The van der Waals surface area contributed by atoms with Gasteiger partial charge in [-0.2, -0.15) is 0 Å². The van der Waals surface area contributed by atoms with Crippen LogP contribution in [0.5, 0.6) is 0 Å². The minimum absolute atomic E-state index is 0.000176. The van der Waals surface area contributed by atoms with Crippen LogP contribution >= 0.6 is 0 Å². The van der Waals surface area contributed by atoms with Gasteiger partial charge in [0.2, 0.25) is 11.8 Å². The highest BCUT2D eigenvalue weighted by Crippen LogP contribution is 2.71. The molecular weight excluding hydrogens is 666 g/mol. The van der Waals surface area contributed by atoms with Gasteiger partial charge in [0, 0.05) is 26.2 Å². The number of halogens is 1. The van der Waals surface area contributed by atoms with Gasteiger partial charge in [0.1, 0.15) is 6.17 Å². The number of carbonyl (C=O) groups excluding carboxylic acids is 2. The zero-order chi connectivity index (χ0) is 36.5. The van der Waals surface area contributed by atoms with Gasteiger partial charge in [0.15, 0.2) is 0 Å². The van der Waals surface area contributed by atoms with Crippen molar-refractivity contribution in [1.29, 1.82) is 0 Å². The number of ether oxygens (including phenoxy) is 2. The molecule has 2 amide bonds. The number of primary amides is 1. The van der Waals surface area contributed by atoms with Gasteiger partial charge in [0.25, 0.3) is 0 Å². The molecule has 11 rings (SSSR count). The number of benzene rings is 2. The number of amides is 2. The van der Waals surface area contributed by atoms with E-state index in [9.17, 15) is 9.59 Å². The van der Waals surface area contributed by atoms with Gasteiger partial charge in [0.05, 0.1) is 36.7 Å². The third kappa shape index (κ3) is 6.17. The second-order valence-electron chi connectivity index (χ2n) is 19.6. The fraction of sp³-hybridized carbons (Fsp3) is 0.689. The van der Waals surface area contributed by atoms with Gasteiger partial charge >= 0.3 is 0 Å². The van der Waals surface area contributed by atoms with Crippen molar-refractivity contribution >= 4 is 11.8 Å². The Balaban J connectivity index is 0.817. The maximum atomic E-state index is 16.0. The number of nitrogens with one attached hydrogen (secondary N) is 1. The molecule has 0 radical (unpaired) electrons. The van der Waals surface area contributed by atoms with Gasteiger partial charge < -0.3 is 20.5 Å². The van der Waals surface area contributed by atoms with Gasteiger partial charge in [-0.3, -0.25) is 14.5 Å². The van der Waals surface area contributed by atoms with Crippen molar-refractivity contribution in [2.45, 2.75) is 113 Å². The summed E-state index contributed by atoms with van der Waals surface area (Å²) in [6.07, 6.45) is 11.3. The second kappa shape index (κ2) is 13.2. The minimum atomic E-state index is -1.12. The normalized spacial score (nSPS) is 42.5. The molecule has 0 spiro atoms. The summed E-state index contributed by atoms with van der Waals surface area (Å²) < 4.78 is 28.6. The van der Waals surface area contributed by atoms with E-state index in [1.807, 2.05) is 0 Å². The first-order valence-electron chi connectivity index (χ1n) is 20.8. The Labute approximate surface area is 315 Å². The summed E-state index contributed by atoms with van der Waals surface area (Å²) in [5.41, 5.74) is 7.85. The summed E-state index contributed by atoms with van der Waals surface area (Å²) in [5.74, 6) is 0.912. The Bertz CT molecular complexity index is 1690. The summed E-state index contributed by atoms with van der Waals surface area (Å²) in [4.78, 5) is 29.6. The molecule has 0 aromatic heterocycles. The van der Waals surface area contributed by atoms with Gasteiger partial charge in [-0.25, -0.2) is 4.39 Å². The molecule has 2 aromatic rings. The summed E-state index contributed by atoms with van der Waals surface area (Å²) in [6, 6.07) is 21.2. The van der Waals surface area contributed by atoms with Gasteiger partial charge in [-0.15, -0.1) is 0 Å². The van der Waals surface area contributed by atoms with Crippen LogP contribution in [0.15, 0.2) is 60.7 Å². The maximum absolute atomic E-state index is 16.0. The largest absolute Gasteiger partial charge is 0.381 e. The van der Waals surface area contributed by atoms with E-state index in [1.165, 1.54) is 11.1 Å². The smallest absolute Gasteiger partial charge is 0.226 e. The molecule has 8 bridgehead atoms. The van der Waals surface area contributed by atoms with Crippen LogP contribution in [-0.4, -0.2) is 75.0 Å². The van der Waals surface area contributed by atoms with E-state index in [0.29, 0.717) is 57.8 Å². The highest BCUT2D eigenvalue weighted by Gasteiger charge is 2.67. The number of carbonyl (C=O) groups is 2. The first-order valence-corrected chi connectivity index (χ1v) is 20.8. The number of nitrogens with two attached hydrogens (primary N) is 1. The zero-order valence-electron chi connectivity index (χ0n) is 31.8. The van der Waals surface area contributed by atoms with Crippen LogP contribution in [0.4, 0.5) is 4.39 Å². The lowest BCUT2D eigenvalue weighted by Crippen LogP contribution is -2.65. The van der Waals surface area contributed by atoms with E-state index in [4.69, 9.17) is 15.2 Å². The van der Waals surface area contributed by atoms with Crippen molar-refractivity contribution in [2.24, 2.45) is 39.2 Å². The monoisotopic (exact) mass is 725 g/mol. The Morgan fingerprint density at radius 2 is 1.34 bits per heavy atom. The minimum Gasteiger partial charge on any atom is -0.381 e. The number of alkyl halides is 1. The standard InChI is InChI=1S/C45H60FN3O4/c1-2-52-30-41-18-33-20-43(25-41,35-11-7-4-8-12-35)29-45(22-33,27-41)39(51)48-37-13-14-49(23-36(37)46)15-16-53-31-40-17-32-19-42(24-40,34-9-5-3-6-10-34)28-44(21-32,26-40)38(47)50/h3-12,32-33,36-37H,2,13-31H2,1H3,(H2,47,50)(H,48,51)/t32?,33?,36-,37-,40+,41+,42-,43-,44?,45?/m1/s1. The lowest BCUT2D eigenvalue weighted by molar-refractivity contribution is -0.173. The molecule has 10 atom stereocenters. The van der Waals surface area contributed by atoms with Crippen LogP contribution in [0.3, 0.4) is 0 Å². The molecule has 8 aliphatic carbocycles. The molecule has 1 aliphatic heterocycles. The van der Waals surface area contributed by atoms with E-state index in [2.05, 4.69) is 77.8 Å². The molecule has 1 saturated heterocycles. The second-order valence-corrected chi connectivity index (χ2v) is 19.6. The van der Waals surface area contributed by atoms with E-state index in [1.54, 1.807) is 0 Å². The van der Waals surface area contributed by atoms with E-state index in [-0.39, 0.29) is 33.5 Å². The SMILES string of the molecule is CCOC[C@]12CC3CC(C(=O)N[C@@H]4CCN(CCOC[C@]56CC7CC(C(N)=O)(C5)C[C@@](c5ccccc5)(C7)C6)C[C@H]4F)(C1)C[C@@](c1ccccc1)(C3)C2. The Morgan fingerprint density at radius 1 is 0.774 bits per heavy atom. The number of nitrogens with zero attached hydrogens (tertiary/aromatic N) is 1. The molecule has 3 N–H and O–H groups in total. The summed E-state index contributed by atoms with van der Waals surface area (Å²) in [7, 11) is 0. The maximum Gasteiger partial charge on any atom is 0.226 e. The highest BCUT2D eigenvalue weighted by atomic mass is 19.1. The van der Waals surface area contributed by atoms with Crippen LogP contribution in [0.1, 0.15) is 102 Å². The topological polar surface area (TPSA) is 93.9 Å². The lowest BCUT2D eigenvalue weighted by Gasteiger charge is -2.66. The van der Waals surface area contributed by atoms with E-state index in [0.717, 1.165) is 83.6 Å².